The van der Waals surface area contributed by atoms with Gasteiger partial charge >= 0.3 is 0 Å². The quantitative estimate of drug-likeness (QED) is 0.615. The van der Waals surface area contributed by atoms with Gasteiger partial charge < -0.3 is 19.6 Å². The van der Waals surface area contributed by atoms with Crippen molar-refractivity contribution < 1.29 is 24.0 Å². The molecule has 2 unspecified atom stereocenters. The summed E-state index contributed by atoms with van der Waals surface area (Å²) in [7, 11) is -4.00. The molecular weight excluding hydrogens is 404 g/mol. The van der Waals surface area contributed by atoms with Gasteiger partial charge in [0.15, 0.2) is 5.75 Å². The molecule has 0 saturated heterocycles. The van der Waals surface area contributed by atoms with Gasteiger partial charge in [-0.2, -0.15) is 0 Å². The molecule has 0 aliphatic carbocycles. The van der Waals surface area contributed by atoms with Crippen LogP contribution in [0.3, 0.4) is 0 Å². The summed E-state index contributed by atoms with van der Waals surface area (Å²) in [5, 5.41) is 21.0. The van der Waals surface area contributed by atoms with Crippen LogP contribution in [0.15, 0.2) is 66.7 Å². The van der Waals surface area contributed by atoms with Crippen LogP contribution in [-0.2, 0) is 6.54 Å². The van der Waals surface area contributed by atoms with E-state index in [1.807, 2.05) is 12.1 Å². The fraction of sp³-hybridized carbons (Fsp3) is 0.100. The monoisotopic (exact) mass is 419 g/mol. The van der Waals surface area contributed by atoms with Crippen molar-refractivity contribution in [3.8, 4) is 11.5 Å². The number of halogens is 2. The third kappa shape index (κ3) is 3.19. The third-order valence-electron chi connectivity index (χ3n) is 4.58. The molecule has 1 heterocycles. The van der Waals surface area contributed by atoms with Gasteiger partial charge in [-0.3, -0.25) is 0 Å². The maximum atomic E-state index is 14.0. The van der Waals surface area contributed by atoms with Gasteiger partial charge in [-0.15, -0.1) is 0 Å². The first-order valence-corrected chi connectivity index (χ1v) is 10.5. The van der Waals surface area contributed by atoms with E-state index in [1.54, 1.807) is 24.3 Å². The van der Waals surface area contributed by atoms with Gasteiger partial charge in [0.1, 0.15) is 11.6 Å². The van der Waals surface area contributed by atoms with Crippen LogP contribution in [0.25, 0.3) is 0 Å². The Labute approximate surface area is 166 Å². The van der Waals surface area contributed by atoms with Crippen molar-refractivity contribution >= 4 is 25.2 Å². The van der Waals surface area contributed by atoms with E-state index >= 15 is 0 Å². The van der Waals surface area contributed by atoms with Crippen LogP contribution < -0.4 is 14.1 Å². The van der Waals surface area contributed by atoms with E-state index in [4.69, 9.17) is 16.1 Å². The fourth-order valence-corrected chi connectivity index (χ4v) is 5.60. The summed E-state index contributed by atoms with van der Waals surface area (Å²) in [6.45, 7) is 0.153. The molecule has 4 rings (SSSR count). The molecule has 2 N–H and O–H groups in total. The number of para-hydroxylation sites is 2. The standard InChI is InChI=1S/C20H16ClFNO4P/c21-16-11-14(9-10-17(16)22)23-12-13-5-1-4-8-19(13)27-28(23,26)20(25)15-6-2-3-7-18(15)24/h1-11,20,24-25H,12H2. The molecule has 1 aliphatic rings. The Morgan fingerprint density at radius 2 is 1.82 bits per heavy atom. The van der Waals surface area contributed by atoms with Crippen molar-refractivity contribution in [1.82, 2.24) is 0 Å². The first-order chi connectivity index (χ1) is 13.4. The Morgan fingerprint density at radius 3 is 2.57 bits per heavy atom. The second-order valence-electron chi connectivity index (χ2n) is 6.35. The Morgan fingerprint density at radius 1 is 1.11 bits per heavy atom. The van der Waals surface area contributed by atoms with Crippen LogP contribution in [0.4, 0.5) is 10.1 Å². The van der Waals surface area contributed by atoms with Gasteiger partial charge in [-0.05, 0) is 36.4 Å². The number of aromatic hydroxyl groups is 1. The van der Waals surface area contributed by atoms with E-state index in [0.29, 0.717) is 11.4 Å². The lowest BCUT2D eigenvalue weighted by Crippen LogP contribution is -2.40. The number of aliphatic hydroxyl groups is 1. The molecule has 5 nitrogen and oxygen atoms in total. The Hall–Kier alpha value is -2.37. The first kappa shape index (κ1) is 19.0. The van der Waals surface area contributed by atoms with E-state index in [-0.39, 0.29) is 22.9 Å². The van der Waals surface area contributed by atoms with Gasteiger partial charge in [-0.25, -0.2) is 9.06 Å². The van der Waals surface area contributed by atoms with Crippen molar-refractivity contribution in [2.45, 2.75) is 12.4 Å². The van der Waals surface area contributed by atoms with Crippen molar-refractivity contribution in [3.05, 3.63) is 88.7 Å². The molecule has 0 bridgehead atoms. The van der Waals surface area contributed by atoms with Gasteiger partial charge in [0.25, 0.3) is 7.87 Å². The maximum absolute atomic E-state index is 14.0. The Balaban J connectivity index is 1.85. The van der Waals surface area contributed by atoms with Gasteiger partial charge in [-0.1, -0.05) is 41.9 Å². The van der Waals surface area contributed by atoms with Gasteiger partial charge in [0.05, 0.1) is 22.8 Å². The smallest absolute Gasteiger partial charge is 0.280 e. The molecule has 144 valence electrons. The average Bonchev–Trinajstić information content (AvgIpc) is 2.69. The highest BCUT2D eigenvalue weighted by Crippen LogP contribution is 2.69. The van der Waals surface area contributed by atoms with E-state index in [1.165, 1.54) is 28.9 Å². The number of rotatable bonds is 3. The minimum atomic E-state index is -4.00. The van der Waals surface area contributed by atoms with E-state index in [0.717, 1.165) is 11.6 Å². The Kier molecular flexibility index (Phi) is 4.89. The number of aliphatic hydroxyl groups excluding tert-OH is 1. The van der Waals surface area contributed by atoms with Crippen molar-refractivity contribution in [3.63, 3.8) is 0 Å². The normalized spacial score (nSPS) is 19.6. The zero-order valence-corrected chi connectivity index (χ0v) is 16.1. The summed E-state index contributed by atoms with van der Waals surface area (Å²) in [5.74, 6) is -2.07. The second-order valence-corrected chi connectivity index (χ2v) is 9.04. The molecule has 0 spiro atoms. The highest BCUT2D eigenvalue weighted by molar-refractivity contribution is 7.66. The lowest BCUT2D eigenvalue weighted by atomic mass is 10.2. The molecule has 2 atom stereocenters. The number of hydrogen-bond acceptors (Lipinski definition) is 5. The van der Waals surface area contributed by atoms with Crippen LogP contribution in [0, 0.1) is 5.82 Å². The summed E-state index contributed by atoms with van der Waals surface area (Å²) in [6, 6.07) is 17.0. The zero-order valence-electron chi connectivity index (χ0n) is 14.5. The van der Waals surface area contributed by atoms with E-state index in [9.17, 15) is 19.5 Å². The predicted molar refractivity (Wildman–Crippen MR) is 105 cm³/mol. The van der Waals surface area contributed by atoms with Gasteiger partial charge in [0.2, 0.25) is 5.85 Å². The predicted octanol–water partition coefficient (Wildman–Crippen LogP) is 4.40. The number of hydrogen-bond donors (Lipinski definition) is 2. The Bertz CT molecular complexity index is 1040. The first-order valence-electron chi connectivity index (χ1n) is 8.46. The van der Waals surface area contributed by atoms with Crippen molar-refractivity contribution in [1.29, 1.82) is 0 Å². The molecule has 3 aromatic carbocycles. The molecule has 0 radical (unpaired) electrons. The average molecular weight is 420 g/mol. The molecule has 0 fully saturated rings. The molecule has 28 heavy (non-hydrogen) atoms. The third-order valence-corrected chi connectivity index (χ3v) is 7.27. The van der Waals surface area contributed by atoms with Crippen LogP contribution >= 0.6 is 19.5 Å². The summed E-state index contributed by atoms with van der Waals surface area (Å²) in [5.41, 5.74) is 1.15. The number of phenolic OH excluding ortho intramolecular Hbond substituents is 1. The minimum absolute atomic E-state index is 0.0726. The lowest BCUT2D eigenvalue weighted by Gasteiger charge is -2.44. The number of anilines is 1. The van der Waals surface area contributed by atoms with Gasteiger partial charge in [0, 0.05) is 5.56 Å². The molecule has 8 heteroatoms. The largest absolute Gasteiger partial charge is 0.627 e. The number of nitrogens with zero attached hydrogens (tertiary/aromatic N) is 1. The van der Waals surface area contributed by atoms with Crippen molar-refractivity contribution in [2.24, 2.45) is 0 Å². The molecule has 3 aromatic rings. The maximum Gasteiger partial charge on any atom is 0.280 e. The summed E-state index contributed by atoms with van der Waals surface area (Å²) >= 11 is 5.91. The summed E-state index contributed by atoms with van der Waals surface area (Å²) in [4.78, 5) is 14.0. The summed E-state index contributed by atoms with van der Waals surface area (Å²) < 4.78 is 20.8. The lowest BCUT2D eigenvalue weighted by molar-refractivity contribution is -0.196. The molecule has 0 saturated carbocycles. The molecule has 0 aromatic heterocycles. The van der Waals surface area contributed by atoms with Crippen LogP contribution in [0.5, 0.6) is 11.5 Å². The molecular formula is C20H16ClFNO4P. The SMILES string of the molecule is [O-][P+]1(C(O)c2ccccc2O)Oc2ccccc2CN1c1ccc(F)c(Cl)c1. The van der Waals surface area contributed by atoms with Crippen LogP contribution in [-0.4, -0.2) is 10.2 Å². The van der Waals surface area contributed by atoms with Crippen LogP contribution in [0.2, 0.25) is 5.02 Å². The number of fused-ring (bicyclic) bond motifs is 1. The van der Waals surface area contributed by atoms with E-state index in [2.05, 4.69) is 0 Å². The highest BCUT2D eigenvalue weighted by atomic mass is 35.5. The zero-order chi connectivity index (χ0) is 19.9. The van der Waals surface area contributed by atoms with E-state index < -0.39 is 19.5 Å². The molecule has 1 aliphatic heterocycles. The van der Waals surface area contributed by atoms with Crippen molar-refractivity contribution in [2.75, 3.05) is 4.67 Å². The number of phenols is 1. The summed E-state index contributed by atoms with van der Waals surface area (Å²) in [6.07, 6.45) is 0. The fourth-order valence-electron chi connectivity index (χ4n) is 3.14. The number of benzene rings is 3. The highest BCUT2D eigenvalue weighted by Gasteiger charge is 2.51. The van der Waals surface area contributed by atoms with Crippen LogP contribution in [0.1, 0.15) is 17.0 Å². The minimum Gasteiger partial charge on any atom is -0.627 e. The molecule has 0 amide bonds. The topological polar surface area (TPSA) is 76.0 Å². The second kappa shape index (κ2) is 7.22.